The van der Waals surface area contributed by atoms with Crippen molar-refractivity contribution in [1.82, 2.24) is 0 Å². The van der Waals surface area contributed by atoms with Crippen LogP contribution in [0.3, 0.4) is 0 Å². The second-order valence-corrected chi connectivity index (χ2v) is 8.96. The molecule has 38 heavy (non-hydrogen) atoms. The van der Waals surface area contributed by atoms with Crippen molar-refractivity contribution in [1.29, 1.82) is 0 Å². The van der Waals surface area contributed by atoms with Crippen LogP contribution in [-0.2, 0) is 34.9 Å². The predicted octanol–water partition coefficient (Wildman–Crippen LogP) is 4.39. The second kappa shape index (κ2) is 17.1. The van der Waals surface area contributed by atoms with Crippen molar-refractivity contribution in [3.63, 3.8) is 0 Å². The standard InChI is InChI=1S/C26H39NO11/c1-7-16(3)13-34-25(30)37-21-10-9-19(12-22(21)38-26(31)35-14-17(4)8-2)11-20(27)23(28)33-15-18(5)36-24(29)32-6/h9-10,12,16-18,20H,7-8,11,13-15,27H2,1-6H3/t16?,17?,18-,20-/m0/s1. The summed E-state index contributed by atoms with van der Waals surface area (Å²) in [5.74, 6) is -0.654. The molecule has 0 spiro atoms. The van der Waals surface area contributed by atoms with Crippen LogP contribution >= 0.6 is 0 Å². The van der Waals surface area contributed by atoms with Gasteiger partial charge in [0.15, 0.2) is 11.5 Å². The van der Waals surface area contributed by atoms with Gasteiger partial charge in [-0.15, -0.1) is 0 Å². The summed E-state index contributed by atoms with van der Waals surface area (Å²) >= 11 is 0. The number of carbonyl (C=O) groups is 4. The zero-order valence-electron chi connectivity index (χ0n) is 22.9. The number of methoxy groups -OCH3 is 1. The minimum atomic E-state index is -1.09. The predicted molar refractivity (Wildman–Crippen MR) is 135 cm³/mol. The topological polar surface area (TPSA) is 159 Å². The van der Waals surface area contributed by atoms with Crippen LogP contribution in [0.25, 0.3) is 0 Å². The number of hydrogen-bond acceptors (Lipinski definition) is 12. The van der Waals surface area contributed by atoms with Gasteiger partial charge >= 0.3 is 24.4 Å². The summed E-state index contributed by atoms with van der Waals surface area (Å²) in [4.78, 5) is 47.8. The summed E-state index contributed by atoms with van der Waals surface area (Å²) < 4.78 is 35.0. The molecule has 214 valence electrons. The molecule has 0 saturated heterocycles. The Morgan fingerprint density at radius 3 is 1.87 bits per heavy atom. The van der Waals surface area contributed by atoms with E-state index in [0.717, 1.165) is 20.0 Å². The van der Waals surface area contributed by atoms with Crippen LogP contribution in [0.5, 0.6) is 11.5 Å². The molecule has 1 aromatic rings. The third-order valence-electron chi connectivity index (χ3n) is 5.44. The lowest BCUT2D eigenvalue weighted by molar-refractivity contribution is -0.148. The lowest BCUT2D eigenvalue weighted by atomic mass is 10.1. The number of nitrogens with two attached hydrogens (primary N) is 1. The lowest BCUT2D eigenvalue weighted by Crippen LogP contribution is -2.36. The normalized spacial score (nSPS) is 13.8. The average Bonchev–Trinajstić information content (AvgIpc) is 2.89. The maximum absolute atomic E-state index is 12.3. The first-order valence-electron chi connectivity index (χ1n) is 12.5. The van der Waals surface area contributed by atoms with Crippen molar-refractivity contribution in [3.05, 3.63) is 23.8 Å². The number of rotatable bonds is 14. The third kappa shape index (κ3) is 12.6. The number of ether oxygens (including phenoxy) is 7. The molecule has 0 aromatic heterocycles. The molecular formula is C26H39NO11. The van der Waals surface area contributed by atoms with Crippen LogP contribution in [-0.4, -0.2) is 63.5 Å². The first-order valence-corrected chi connectivity index (χ1v) is 12.5. The Bertz CT molecular complexity index is 920. The van der Waals surface area contributed by atoms with Gasteiger partial charge in [-0.25, -0.2) is 14.4 Å². The van der Waals surface area contributed by atoms with E-state index in [0.29, 0.717) is 5.56 Å². The molecule has 0 heterocycles. The lowest BCUT2D eigenvalue weighted by Gasteiger charge is -2.16. The zero-order chi connectivity index (χ0) is 28.7. The highest BCUT2D eigenvalue weighted by molar-refractivity contribution is 5.76. The van der Waals surface area contributed by atoms with Gasteiger partial charge in [0.2, 0.25) is 0 Å². The molecular weight excluding hydrogens is 502 g/mol. The van der Waals surface area contributed by atoms with Gasteiger partial charge in [-0.05, 0) is 42.9 Å². The zero-order valence-corrected chi connectivity index (χ0v) is 22.9. The number of carbonyl (C=O) groups excluding carboxylic acids is 4. The molecule has 0 aliphatic rings. The molecule has 0 aliphatic heterocycles. The Kier molecular flexibility index (Phi) is 14.6. The van der Waals surface area contributed by atoms with Gasteiger partial charge in [0, 0.05) is 0 Å². The molecule has 2 unspecified atom stereocenters. The van der Waals surface area contributed by atoms with Crippen LogP contribution < -0.4 is 15.2 Å². The van der Waals surface area contributed by atoms with Crippen LogP contribution in [0.2, 0.25) is 0 Å². The molecule has 12 nitrogen and oxygen atoms in total. The fraction of sp³-hybridized carbons (Fsp3) is 0.615. The van der Waals surface area contributed by atoms with Crippen LogP contribution in [0, 0.1) is 11.8 Å². The highest BCUT2D eigenvalue weighted by Crippen LogP contribution is 2.30. The number of hydrogen-bond donors (Lipinski definition) is 1. The Balaban J connectivity index is 2.91. The van der Waals surface area contributed by atoms with Crippen LogP contribution in [0.4, 0.5) is 14.4 Å². The summed E-state index contributed by atoms with van der Waals surface area (Å²) in [7, 11) is 1.16. The van der Waals surface area contributed by atoms with Crippen LogP contribution in [0.15, 0.2) is 18.2 Å². The van der Waals surface area contributed by atoms with Crippen molar-refractivity contribution in [2.45, 2.75) is 66.0 Å². The molecule has 1 aromatic carbocycles. The van der Waals surface area contributed by atoms with Gasteiger partial charge < -0.3 is 38.9 Å². The first-order chi connectivity index (χ1) is 18.0. The van der Waals surface area contributed by atoms with Gasteiger partial charge in [0.05, 0.1) is 20.3 Å². The van der Waals surface area contributed by atoms with Crippen molar-refractivity contribution in [2.75, 3.05) is 26.9 Å². The molecule has 0 bridgehead atoms. The van der Waals surface area contributed by atoms with E-state index in [1.165, 1.54) is 19.1 Å². The van der Waals surface area contributed by atoms with E-state index in [2.05, 4.69) is 4.74 Å². The summed E-state index contributed by atoms with van der Waals surface area (Å²) in [6.07, 6.45) is -1.96. The summed E-state index contributed by atoms with van der Waals surface area (Å²) in [5.41, 5.74) is 6.45. The van der Waals surface area contributed by atoms with E-state index in [-0.39, 0.29) is 49.6 Å². The maximum Gasteiger partial charge on any atom is 0.513 e. The monoisotopic (exact) mass is 541 g/mol. The van der Waals surface area contributed by atoms with E-state index < -0.39 is 36.6 Å². The quantitative estimate of drug-likeness (QED) is 0.201. The molecule has 0 amide bonds. The smallest absolute Gasteiger partial charge is 0.461 e. The molecule has 4 atom stereocenters. The van der Waals surface area contributed by atoms with E-state index in [1.54, 1.807) is 6.07 Å². The molecule has 12 heteroatoms. The second-order valence-electron chi connectivity index (χ2n) is 8.96. The summed E-state index contributed by atoms with van der Waals surface area (Å²) in [5, 5.41) is 0. The van der Waals surface area contributed by atoms with Gasteiger partial charge in [-0.1, -0.05) is 46.6 Å². The minimum Gasteiger partial charge on any atom is -0.461 e. The van der Waals surface area contributed by atoms with Crippen molar-refractivity contribution in [3.8, 4) is 11.5 Å². The van der Waals surface area contributed by atoms with E-state index >= 15 is 0 Å². The minimum absolute atomic E-state index is 0.00207. The molecule has 2 N–H and O–H groups in total. The molecule has 0 saturated carbocycles. The summed E-state index contributed by atoms with van der Waals surface area (Å²) in [6.45, 7) is 9.38. The summed E-state index contributed by atoms with van der Waals surface area (Å²) in [6, 6.07) is 3.25. The molecule has 0 radical (unpaired) electrons. The Hall–Kier alpha value is -3.54. The van der Waals surface area contributed by atoms with Crippen molar-refractivity contribution < 1.29 is 52.3 Å². The Morgan fingerprint density at radius 2 is 1.34 bits per heavy atom. The van der Waals surface area contributed by atoms with Gasteiger partial charge in [-0.2, -0.15) is 0 Å². The van der Waals surface area contributed by atoms with Gasteiger partial charge in [0.25, 0.3) is 0 Å². The fourth-order valence-electron chi connectivity index (χ4n) is 2.63. The highest BCUT2D eigenvalue weighted by atomic mass is 16.7. The SMILES string of the molecule is CCC(C)COC(=O)Oc1ccc(C[C@H](N)C(=O)OC[C@H](C)OC(=O)OC)cc1OC(=O)OCC(C)CC. The largest absolute Gasteiger partial charge is 0.513 e. The van der Waals surface area contributed by atoms with Gasteiger partial charge in [-0.3, -0.25) is 4.79 Å². The van der Waals surface area contributed by atoms with Crippen molar-refractivity contribution in [2.24, 2.45) is 17.6 Å². The maximum atomic E-state index is 12.3. The van der Waals surface area contributed by atoms with Crippen molar-refractivity contribution >= 4 is 24.4 Å². The fourth-order valence-corrected chi connectivity index (χ4v) is 2.63. The average molecular weight is 542 g/mol. The van der Waals surface area contributed by atoms with E-state index in [9.17, 15) is 19.2 Å². The highest BCUT2D eigenvalue weighted by Gasteiger charge is 2.22. The Labute approximate surface area is 223 Å². The first kappa shape index (κ1) is 32.5. The van der Waals surface area contributed by atoms with Gasteiger partial charge in [0.1, 0.15) is 18.8 Å². The molecule has 1 rings (SSSR count). The molecule has 0 fully saturated rings. The molecule has 0 aliphatic carbocycles. The third-order valence-corrected chi connectivity index (χ3v) is 5.44. The number of esters is 1. The van der Waals surface area contributed by atoms with Crippen LogP contribution in [0.1, 0.15) is 53.0 Å². The van der Waals surface area contributed by atoms with E-state index in [1.807, 2.05) is 27.7 Å². The Morgan fingerprint density at radius 1 is 0.789 bits per heavy atom. The van der Waals surface area contributed by atoms with E-state index in [4.69, 9.17) is 34.2 Å². The number of benzene rings is 1.